The molecule has 0 radical (unpaired) electrons. The standard InChI is InChI=1S/C48H63N7O28P2S3/c49-34-11-10-32-38(31-6-3-7-36(88(73,74)75)40(31)82-41(32)43(34)87(71,72)53-14-1-2-24-86(68,69)70)30-9-8-28(25-33(30)47(59)60)45(58)52-15-17-77-19-21-79-23-22-78-20-18-76-16-12-37(56)51-13-4-5-29-26-55(48(61)54-44(29)50)46-39(57)42(83-85(65,66)67)35(81-46)27-80-84(62,63)64/h3,6-11,25-26,35,39,42,46,49,53,57H,1-2,4-5,12-24,27H2,(H,51,56)(H,52,58)(H,59,60)(H2,50,54,61)(H2,62,63,64)(H2,65,66,67)(H,68,69,70)(H,73,74,75)/t35-,39+,42?,46-/m1/s1. The Bertz CT molecular complexity index is 3860. The molecule has 4 atom stereocenters. The fraction of sp³-hybridized carbons (Fsp3) is 0.458. The average molecular weight is 1340 g/mol. The van der Waals surface area contributed by atoms with E-state index in [4.69, 9.17) is 53.6 Å². The van der Waals surface area contributed by atoms with Gasteiger partial charge in [0.05, 0.1) is 75.7 Å². The van der Waals surface area contributed by atoms with Gasteiger partial charge in [-0.3, -0.25) is 33.2 Å². The Hall–Kier alpha value is -6.07. The van der Waals surface area contributed by atoms with Crippen LogP contribution in [-0.4, -0.2) is 195 Å². The third-order valence-electron chi connectivity index (χ3n) is 12.7. The summed E-state index contributed by atoms with van der Waals surface area (Å²) in [5.74, 6) is -4.05. The number of phosphoric acid groups is 2. The van der Waals surface area contributed by atoms with Crippen molar-refractivity contribution in [2.75, 3.05) is 90.6 Å². The smallest absolute Gasteiger partial charge is 0.470 e. The second-order valence-electron chi connectivity index (χ2n) is 19.0. The fourth-order valence-corrected chi connectivity index (χ4v) is 12.2. The number of carbonyl (C=O) groups is 3. The molecule has 88 heavy (non-hydrogen) atoms. The molecule has 1 unspecified atom stereocenters. The summed E-state index contributed by atoms with van der Waals surface area (Å²) in [6.45, 7) is -0.143. The second kappa shape index (κ2) is 31.1. The first kappa shape index (κ1) is 71.0. The first-order chi connectivity index (χ1) is 41.3. The molecule has 0 bridgehead atoms. The highest BCUT2D eigenvalue weighted by atomic mass is 32.2. The number of aromatic nitrogens is 2. The van der Waals surface area contributed by atoms with Crippen LogP contribution in [-0.2, 0) is 83.3 Å². The van der Waals surface area contributed by atoms with Crippen LogP contribution >= 0.6 is 15.6 Å². The number of para-hydroxylation sites is 1. The van der Waals surface area contributed by atoms with Gasteiger partial charge in [-0.25, -0.2) is 40.3 Å². The Balaban J connectivity index is 0.892. The van der Waals surface area contributed by atoms with Crippen LogP contribution in [0.2, 0.25) is 0 Å². The lowest BCUT2D eigenvalue weighted by molar-refractivity contribution is -0.176. The van der Waals surface area contributed by atoms with Crippen molar-refractivity contribution in [2.45, 2.75) is 66.4 Å². The highest BCUT2D eigenvalue weighted by Gasteiger charge is 2.49. The molecule has 1 saturated heterocycles. The van der Waals surface area contributed by atoms with Gasteiger partial charge in [-0.2, -0.15) is 13.4 Å². The van der Waals surface area contributed by atoms with Gasteiger partial charge in [0, 0.05) is 66.0 Å². The largest absolute Gasteiger partial charge is 0.744 e. The van der Waals surface area contributed by atoms with Crippen LogP contribution in [0, 0.1) is 0 Å². The Morgan fingerprint density at radius 3 is 2.09 bits per heavy atom. The Kier molecular flexibility index (Phi) is 25.1. The zero-order valence-corrected chi connectivity index (χ0v) is 50.3. The number of aliphatic hydroxyl groups excluding tert-OH is 1. The number of rotatable bonds is 36. The van der Waals surface area contributed by atoms with Crippen LogP contribution < -0.4 is 37.5 Å². The first-order valence-electron chi connectivity index (χ1n) is 26.2. The summed E-state index contributed by atoms with van der Waals surface area (Å²) in [4.78, 5) is 90.0. The number of anilines is 1. The van der Waals surface area contributed by atoms with E-state index in [1.807, 2.05) is 0 Å². The number of unbranched alkanes of at least 4 members (excludes halogenated alkanes) is 1. The number of aryl methyl sites for hydroxylation is 1. The number of amides is 2. The number of carboxylic acids is 1. The SMILES string of the molecule is Nc1nc(=O)n([C@@H]2O[C@H](COP(=O)(O)O)C(OP(=O)(O)O)[C@@H]2O)cc1CCCNC(=O)CCOCCOCCOCCOCCNC(=O)c1ccc(-c2c3ccc(=[NH2+])c(S(=O)(=O)NCCCCS(=O)(=O)O)c-3oc3c(S(=O)(=O)[O-])cccc23)c(C(=O)O)c1. The predicted molar refractivity (Wildman–Crippen MR) is 298 cm³/mol. The molecule has 40 heteroatoms. The van der Waals surface area contributed by atoms with E-state index >= 15 is 0 Å². The van der Waals surface area contributed by atoms with E-state index in [9.17, 15) is 78.1 Å². The number of benzene rings is 3. The van der Waals surface area contributed by atoms with Crippen molar-refractivity contribution in [3.05, 3.63) is 87.3 Å². The number of hydrogen-bond donors (Lipinski definition) is 12. The van der Waals surface area contributed by atoms with Crippen LogP contribution in [0.4, 0.5) is 5.82 Å². The number of nitrogens with one attached hydrogen (secondary N) is 3. The predicted octanol–water partition coefficient (Wildman–Crippen LogP) is -2.67. The minimum Gasteiger partial charge on any atom is -0.744 e. The molecular weight excluding hydrogens is 1280 g/mol. The molecule has 1 fully saturated rings. The Labute approximate surface area is 500 Å². The van der Waals surface area contributed by atoms with Crippen molar-refractivity contribution in [1.82, 2.24) is 24.9 Å². The highest BCUT2D eigenvalue weighted by Crippen LogP contribution is 2.47. The summed E-state index contributed by atoms with van der Waals surface area (Å²) in [5.41, 5.74) is 3.50. The van der Waals surface area contributed by atoms with Crippen LogP contribution in [0.1, 0.15) is 58.2 Å². The van der Waals surface area contributed by atoms with E-state index in [2.05, 4.69) is 29.4 Å². The molecule has 2 aromatic carbocycles. The molecule has 1 aromatic heterocycles. The molecule has 2 aliphatic heterocycles. The molecular formula is C48H63N7O28P2S3. The van der Waals surface area contributed by atoms with Gasteiger partial charge in [-0.15, -0.1) is 0 Å². The lowest BCUT2D eigenvalue weighted by atomic mass is 9.89. The number of hydrogen-bond acceptors (Lipinski definition) is 24. The maximum absolute atomic E-state index is 13.8. The highest BCUT2D eigenvalue weighted by molar-refractivity contribution is 7.89. The normalized spacial score (nSPS) is 16.8. The van der Waals surface area contributed by atoms with Gasteiger partial charge in [0.2, 0.25) is 11.3 Å². The molecule has 0 saturated carbocycles. The van der Waals surface area contributed by atoms with Crippen LogP contribution in [0.3, 0.4) is 0 Å². The third-order valence-corrected chi connectivity index (χ3v) is 16.9. The number of fused-ring (bicyclic) bond motifs is 2. The number of aromatic carboxylic acids is 1. The number of carbonyl (C=O) groups excluding carboxylic acids is 2. The topological polar surface area (TPSA) is 553 Å². The van der Waals surface area contributed by atoms with E-state index in [0.717, 1.165) is 16.7 Å². The lowest BCUT2D eigenvalue weighted by Crippen LogP contribution is -2.49. The average Bonchev–Trinajstić information content (AvgIpc) is 3.63. The number of nitrogen functional groups attached to an aromatic ring is 1. The van der Waals surface area contributed by atoms with Crippen molar-refractivity contribution in [2.24, 2.45) is 0 Å². The van der Waals surface area contributed by atoms with Crippen LogP contribution in [0.5, 0.6) is 0 Å². The molecule has 2 amide bonds. The van der Waals surface area contributed by atoms with Crippen LogP contribution in [0.25, 0.3) is 33.4 Å². The number of nitrogens with two attached hydrogens (primary N) is 2. The molecule has 486 valence electrons. The minimum atomic E-state index is -5.32. The maximum atomic E-state index is 13.8. The summed E-state index contributed by atoms with van der Waals surface area (Å²) < 4.78 is 164. The summed E-state index contributed by atoms with van der Waals surface area (Å²) in [7, 11) is -24.7. The number of carboxylic acid groups (broad SMARTS) is 1. The third kappa shape index (κ3) is 20.5. The zero-order valence-electron chi connectivity index (χ0n) is 46.1. The number of phosphoric ester groups is 2. The maximum Gasteiger partial charge on any atom is 0.470 e. The van der Waals surface area contributed by atoms with Gasteiger partial charge >= 0.3 is 27.3 Å². The summed E-state index contributed by atoms with van der Waals surface area (Å²) in [6, 6.07) is 9.39. The first-order valence-corrected chi connectivity index (χ1v) is 33.7. The minimum absolute atomic E-state index is 0.00224. The molecule has 3 aromatic rings. The summed E-state index contributed by atoms with van der Waals surface area (Å²) in [5, 5.41) is 32.1. The molecule has 3 heterocycles. The Morgan fingerprint density at radius 1 is 0.818 bits per heavy atom. The van der Waals surface area contributed by atoms with Gasteiger partial charge in [-0.05, 0) is 55.5 Å². The molecule has 0 spiro atoms. The van der Waals surface area contributed by atoms with Gasteiger partial charge in [0.15, 0.2) is 22.5 Å². The molecule has 14 N–H and O–H groups in total. The van der Waals surface area contributed by atoms with Crippen molar-refractivity contribution < 1.29 is 130 Å². The lowest BCUT2D eigenvalue weighted by Gasteiger charge is -2.21. The van der Waals surface area contributed by atoms with Gasteiger partial charge in [0.25, 0.3) is 26.0 Å². The van der Waals surface area contributed by atoms with Crippen molar-refractivity contribution >= 4 is 80.5 Å². The van der Waals surface area contributed by atoms with E-state index in [0.29, 0.717) is 0 Å². The number of sulfonamides is 1. The van der Waals surface area contributed by atoms with E-state index in [-0.39, 0.29) is 150 Å². The van der Waals surface area contributed by atoms with E-state index in [1.165, 1.54) is 42.6 Å². The monoisotopic (exact) mass is 1340 g/mol. The quantitative estimate of drug-likeness (QED) is 0.00842. The number of aliphatic hydroxyl groups is 1. The van der Waals surface area contributed by atoms with Crippen LogP contribution in [0.15, 0.2) is 73.7 Å². The molecule has 1 aliphatic carbocycles. The van der Waals surface area contributed by atoms with E-state index < -0.39 is 132 Å². The van der Waals surface area contributed by atoms with E-state index in [1.54, 1.807) is 0 Å². The molecule has 35 nitrogen and oxygen atoms in total. The van der Waals surface area contributed by atoms with Gasteiger partial charge < -0.3 is 78.8 Å². The summed E-state index contributed by atoms with van der Waals surface area (Å²) >= 11 is 0. The fourth-order valence-electron chi connectivity index (χ4n) is 8.77. The molecule has 3 aliphatic rings. The van der Waals surface area contributed by atoms with Gasteiger partial charge in [-0.1, -0.05) is 18.2 Å². The van der Waals surface area contributed by atoms with Crippen molar-refractivity contribution in [3.8, 4) is 22.5 Å². The van der Waals surface area contributed by atoms with Crippen molar-refractivity contribution in [1.29, 1.82) is 0 Å². The second-order valence-corrected chi connectivity index (χ2v) is 26.1. The van der Waals surface area contributed by atoms with Gasteiger partial charge in [0.1, 0.15) is 34.2 Å². The van der Waals surface area contributed by atoms with Crippen molar-refractivity contribution in [3.63, 3.8) is 0 Å². The number of ether oxygens (including phenoxy) is 5. The number of nitrogens with zero attached hydrogens (tertiary/aromatic N) is 2. The molecule has 6 rings (SSSR count). The Morgan fingerprint density at radius 2 is 1.47 bits per heavy atom. The zero-order chi connectivity index (χ0) is 64.8. The summed E-state index contributed by atoms with van der Waals surface area (Å²) in [6.07, 6.45) is -5.81.